The van der Waals surface area contributed by atoms with Crippen LogP contribution in [0.25, 0.3) is 0 Å². The van der Waals surface area contributed by atoms with Crippen molar-refractivity contribution in [2.75, 3.05) is 31.6 Å². The predicted octanol–water partition coefficient (Wildman–Crippen LogP) is 1.07. The fourth-order valence-corrected chi connectivity index (χ4v) is 4.94. The Morgan fingerprint density at radius 3 is 2.66 bits per heavy atom. The number of morpholine rings is 1. The number of nitrogens with zero attached hydrogens (tertiary/aromatic N) is 4. The lowest BCUT2D eigenvalue weighted by atomic mass is 10.3. The Labute approximate surface area is 167 Å². The summed E-state index contributed by atoms with van der Waals surface area (Å²) in [5.74, 6) is -0.480. The number of nitro groups is 1. The number of rotatable bonds is 6. The molecule has 29 heavy (non-hydrogen) atoms. The highest BCUT2D eigenvalue weighted by atomic mass is 32.2. The van der Waals surface area contributed by atoms with E-state index >= 15 is 0 Å². The normalized spacial score (nSPS) is 15.2. The summed E-state index contributed by atoms with van der Waals surface area (Å²) in [5.41, 5.74) is 0.778. The summed E-state index contributed by atoms with van der Waals surface area (Å²) in [6.45, 7) is 4.13. The van der Waals surface area contributed by atoms with Crippen LogP contribution in [-0.4, -0.2) is 59.6 Å². The van der Waals surface area contributed by atoms with E-state index in [1.54, 1.807) is 13.8 Å². The lowest BCUT2D eigenvalue weighted by Gasteiger charge is -2.26. The maximum Gasteiger partial charge on any atom is 0.271 e. The van der Waals surface area contributed by atoms with Gasteiger partial charge in [0.1, 0.15) is 11.4 Å². The largest absolute Gasteiger partial charge is 0.379 e. The molecule has 1 aliphatic rings. The number of amides is 1. The Bertz CT molecular complexity index is 1040. The number of ether oxygens (including phenoxy) is 1. The van der Waals surface area contributed by atoms with E-state index in [0.717, 1.165) is 0 Å². The molecule has 0 spiro atoms. The van der Waals surface area contributed by atoms with Gasteiger partial charge in [-0.25, -0.2) is 8.42 Å². The fourth-order valence-electron chi connectivity index (χ4n) is 3.16. The van der Waals surface area contributed by atoms with Gasteiger partial charge in [-0.1, -0.05) is 6.07 Å². The van der Waals surface area contributed by atoms with E-state index in [2.05, 4.69) is 10.4 Å². The van der Waals surface area contributed by atoms with E-state index in [0.29, 0.717) is 24.6 Å². The molecule has 0 radical (unpaired) electrons. The first kappa shape index (κ1) is 20.9. The standard InChI is InChI=1S/C17H21N5O6S/c1-12-17(29(26,27)20-6-8-28-9-7-20)13(2)21(19-12)11-16(23)18-14-4-3-5-15(10-14)22(24)25/h3-5,10H,6-9,11H2,1-2H3,(H,18,23). The van der Waals surface area contributed by atoms with Gasteiger partial charge >= 0.3 is 0 Å². The van der Waals surface area contributed by atoms with Crippen molar-refractivity contribution >= 4 is 27.3 Å². The van der Waals surface area contributed by atoms with Gasteiger partial charge in [0, 0.05) is 30.9 Å². The molecule has 0 saturated carbocycles. The number of hydrogen-bond donors (Lipinski definition) is 1. The van der Waals surface area contributed by atoms with Crippen LogP contribution in [-0.2, 0) is 26.1 Å². The lowest BCUT2D eigenvalue weighted by molar-refractivity contribution is -0.384. The van der Waals surface area contributed by atoms with Gasteiger partial charge in [0.05, 0.1) is 29.5 Å². The monoisotopic (exact) mass is 423 g/mol. The zero-order chi connectivity index (χ0) is 21.2. The third kappa shape index (κ3) is 4.44. The van der Waals surface area contributed by atoms with E-state index in [4.69, 9.17) is 4.74 Å². The number of carbonyl (C=O) groups is 1. The SMILES string of the molecule is Cc1nn(CC(=O)Nc2cccc([N+](=O)[O-])c2)c(C)c1S(=O)(=O)N1CCOCC1. The number of nitro benzene ring substituents is 1. The number of anilines is 1. The molecule has 156 valence electrons. The van der Waals surface area contributed by atoms with Gasteiger partial charge in [0.25, 0.3) is 5.69 Å². The summed E-state index contributed by atoms with van der Waals surface area (Å²) in [7, 11) is -3.75. The van der Waals surface area contributed by atoms with E-state index in [9.17, 15) is 23.3 Å². The number of hydrogen-bond acceptors (Lipinski definition) is 7. The molecular weight excluding hydrogens is 402 g/mol. The van der Waals surface area contributed by atoms with Gasteiger partial charge in [0.15, 0.2) is 0 Å². The molecule has 1 aromatic carbocycles. The van der Waals surface area contributed by atoms with Crippen LogP contribution in [0.4, 0.5) is 11.4 Å². The molecule has 0 atom stereocenters. The number of carbonyl (C=O) groups excluding carboxylic acids is 1. The maximum atomic E-state index is 13.0. The minimum absolute atomic E-state index is 0.0857. The first-order valence-corrected chi connectivity index (χ1v) is 10.3. The van der Waals surface area contributed by atoms with Crippen molar-refractivity contribution in [3.63, 3.8) is 0 Å². The summed E-state index contributed by atoms with van der Waals surface area (Å²) in [4.78, 5) is 22.7. The number of benzene rings is 1. The Balaban J connectivity index is 1.78. The van der Waals surface area contributed by atoms with Gasteiger partial charge < -0.3 is 10.1 Å². The summed E-state index contributed by atoms with van der Waals surface area (Å²) in [5, 5.41) is 17.6. The highest BCUT2D eigenvalue weighted by molar-refractivity contribution is 7.89. The van der Waals surface area contributed by atoms with E-state index < -0.39 is 20.9 Å². The van der Waals surface area contributed by atoms with E-state index in [1.165, 1.54) is 33.3 Å². The molecule has 1 saturated heterocycles. The first-order valence-electron chi connectivity index (χ1n) is 8.86. The molecule has 11 nitrogen and oxygen atoms in total. The van der Waals surface area contributed by atoms with Crippen molar-refractivity contribution in [2.24, 2.45) is 0 Å². The molecule has 3 rings (SSSR count). The van der Waals surface area contributed by atoms with Crippen LogP contribution in [0.5, 0.6) is 0 Å². The molecule has 0 aliphatic carbocycles. The minimum Gasteiger partial charge on any atom is -0.379 e. The zero-order valence-electron chi connectivity index (χ0n) is 16.0. The minimum atomic E-state index is -3.75. The topological polar surface area (TPSA) is 137 Å². The Kier molecular flexibility index (Phi) is 5.96. The third-order valence-corrected chi connectivity index (χ3v) is 6.67. The molecule has 2 heterocycles. The molecule has 12 heteroatoms. The average Bonchev–Trinajstić information content (AvgIpc) is 2.96. The molecule has 1 amide bonds. The predicted molar refractivity (Wildman–Crippen MR) is 103 cm³/mol. The van der Waals surface area contributed by atoms with Crippen molar-refractivity contribution < 1.29 is 22.9 Å². The van der Waals surface area contributed by atoms with Crippen LogP contribution in [0.3, 0.4) is 0 Å². The number of aryl methyl sites for hydroxylation is 1. The van der Waals surface area contributed by atoms with Crippen molar-refractivity contribution in [1.29, 1.82) is 0 Å². The van der Waals surface area contributed by atoms with Gasteiger partial charge in [-0.05, 0) is 19.9 Å². The smallest absolute Gasteiger partial charge is 0.271 e. The molecule has 0 unspecified atom stereocenters. The second-order valence-electron chi connectivity index (χ2n) is 6.53. The van der Waals surface area contributed by atoms with Crippen molar-refractivity contribution in [2.45, 2.75) is 25.3 Å². The summed E-state index contributed by atoms with van der Waals surface area (Å²) in [6.07, 6.45) is 0. The zero-order valence-corrected chi connectivity index (χ0v) is 16.8. The summed E-state index contributed by atoms with van der Waals surface area (Å²) in [6, 6.07) is 5.55. The number of nitrogens with one attached hydrogen (secondary N) is 1. The molecule has 0 bridgehead atoms. The fraction of sp³-hybridized carbons (Fsp3) is 0.412. The average molecular weight is 423 g/mol. The van der Waals surface area contributed by atoms with Gasteiger partial charge in [-0.15, -0.1) is 0 Å². The highest BCUT2D eigenvalue weighted by Gasteiger charge is 2.32. The summed E-state index contributed by atoms with van der Waals surface area (Å²) >= 11 is 0. The number of aromatic nitrogens is 2. The number of sulfonamides is 1. The van der Waals surface area contributed by atoms with Crippen LogP contribution < -0.4 is 5.32 Å². The van der Waals surface area contributed by atoms with Crippen LogP contribution in [0, 0.1) is 24.0 Å². The van der Waals surface area contributed by atoms with Crippen molar-refractivity contribution in [1.82, 2.24) is 14.1 Å². The molecular formula is C17H21N5O6S. The van der Waals surface area contributed by atoms with Crippen molar-refractivity contribution in [3.8, 4) is 0 Å². The molecule has 2 aromatic rings. The van der Waals surface area contributed by atoms with Crippen LogP contribution in [0.2, 0.25) is 0 Å². The second kappa shape index (κ2) is 8.27. The van der Waals surface area contributed by atoms with Crippen LogP contribution >= 0.6 is 0 Å². The highest BCUT2D eigenvalue weighted by Crippen LogP contribution is 2.24. The van der Waals surface area contributed by atoms with E-state index in [-0.39, 0.29) is 35.9 Å². The van der Waals surface area contributed by atoms with Crippen LogP contribution in [0.1, 0.15) is 11.4 Å². The van der Waals surface area contributed by atoms with Crippen molar-refractivity contribution in [3.05, 3.63) is 45.8 Å². The molecule has 1 aromatic heterocycles. The molecule has 1 fully saturated rings. The Hall–Kier alpha value is -2.83. The lowest BCUT2D eigenvalue weighted by Crippen LogP contribution is -2.41. The number of non-ortho nitro benzene ring substituents is 1. The molecule has 1 N–H and O–H groups in total. The maximum absolute atomic E-state index is 13.0. The van der Waals surface area contributed by atoms with Gasteiger partial charge in [0.2, 0.25) is 15.9 Å². The Morgan fingerprint density at radius 1 is 1.31 bits per heavy atom. The van der Waals surface area contributed by atoms with E-state index in [1.807, 2.05) is 0 Å². The summed E-state index contributed by atoms with van der Waals surface area (Å²) < 4.78 is 33.8. The van der Waals surface area contributed by atoms with Crippen LogP contribution in [0.15, 0.2) is 29.2 Å². The second-order valence-corrected chi connectivity index (χ2v) is 8.40. The molecule has 1 aliphatic heterocycles. The quantitative estimate of drug-likeness (QED) is 0.542. The third-order valence-electron chi connectivity index (χ3n) is 4.52. The van der Waals surface area contributed by atoms with Gasteiger partial charge in [-0.3, -0.25) is 19.6 Å². The first-order chi connectivity index (χ1) is 13.7. The Morgan fingerprint density at radius 2 is 2.00 bits per heavy atom. The van der Waals surface area contributed by atoms with Gasteiger partial charge in [-0.2, -0.15) is 9.40 Å².